The summed E-state index contributed by atoms with van der Waals surface area (Å²) in [4.78, 5) is 17.1. The number of H-pyrrole nitrogens is 1. The van der Waals surface area contributed by atoms with Gasteiger partial charge in [0.25, 0.3) is 0 Å². The summed E-state index contributed by atoms with van der Waals surface area (Å²) < 4.78 is 0. The fourth-order valence-corrected chi connectivity index (χ4v) is 4.90. The van der Waals surface area contributed by atoms with Crippen molar-refractivity contribution in [1.82, 2.24) is 9.88 Å². The quantitative estimate of drug-likeness (QED) is 0.789. The number of hydrogen-bond donors (Lipinski definition) is 2. The van der Waals surface area contributed by atoms with Gasteiger partial charge in [0.15, 0.2) is 0 Å². The van der Waals surface area contributed by atoms with Crippen molar-refractivity contribution < 1.29 is 9.90 Å². The standard InChI is InChI=1S/C22H29N3O2/c1-5-16-17-8-7-15(14-23)13-19(17)24-18(16)9-11-22(21(2,3)4)10-6-12-25(22)20(26)27/h7-8,13,24H,5-6,9-12H2,1-4H3,(H,26,27)/t22-/m0/s1. The molecule has 0 saturated carbocycles. The molecule has 2 aromatic rings. The lowest BCUT2D eigenvalue weighted by Gasteiger charge is -2.47. The van der Waals surface area contributed by atoms with Crippen molar-refractivity contribution >= 4 is 17.0 Å². The van der Waals surface area contributed by atoms with E-state index in [0.717, 1.165) is 43.0 Å². The van der Waals surface area contributed by atoms with E-state index >= 15 is 0 Å². The molecule has 0 radical (unpaired) electrons. The predicted molar refractivity (Wildman–Crippen MR) is 107 cm³/mol. The van der Waals surface area contributed by atoms with Crippen LogP contribution in [0, 0.1) is 16.7 Å². The van der Waals surface area contributed by atoms with Crippen LogP contribution in [0.4, 0.5) is 4.79 Å². The van der Waals surface area contributed by atoms with Crippen LogP contribution in [0.15, 0.2) is 18.2 Å². The average molecular weight is 367 g/mol. The smallest absolute Gasteiger partial charge is 0.407 e. The summed E-state index contributed by atoms with van der Waals surface area (Å²) in [5.41, 5.74) is 3.61. The Bertz CT molecular complexity index is 901. The highest BCUT2D eigenvalue weighted by Crippen LogP contribution is 2.47. The summed E-state index contributed by atoms with van der Waals surface area (Å²) in [6.45, 7) is 9.21. The molecule has 5 heteroatoms. The number of hydrogen-bond acceptors (Lipinski definition) is 2. The van der Waals surface area contributed by atoms with Gasteiger partial charge in [0, 0.05) is 23.1 Å². The van der Waals surface area contributed by atoms with Gasteiger partial charge in [-0.25, -0.2) is 4.79 Å². The molecule has 1 amide bonds. The zero-order valence-corrected chi connectivity index (χ0v) is 16.7. The van der Waals surface area contributed by atoms with Crippen LogP contribution in [0.25, 0.3) is 10.9 Å². The van der Waals surface area contributed by atoms with Crippen LogP contribution in [-0.2, 0) is 12.8 Å². The number of nitrogens with one attached hydrogen (secondary N) is 1. The molecule has 2 heterocycles. The minimum absolute atomic E-state index is 0.131. The number of fused-ring (bicyclic) bond motifs is 1. The van der Waals surface area contributed by atoms with Crippen LogP contribution in [0.3, 0.4) is 0 Å². The van der Waals surface area contributed by atoms with E-state index in [1.54, 1.807) is 4.90 Å². The molecule has 144 valence electrons. The summed E-state index contributed by atoms with van der Waals surface area (Å²) in [5.74, 6) is 0. The van der Waals surface area contributed by atoms with Crippen molar-refractivity contribution in [3.05, 3.63) is 35.0 Å². The molecule has 0 aliphatic carbocycles. The van der Waals surface area contributed by atoms with Crippen molar-refractivity contribution in [2.75, 3.05) is 6.54 Å². The summed E-state index contributed by atoms with van der Waals surface area (Å²) in [7, 11) is 0. The van der Waals surface area contributed by atoms with Gasteiger partial charge in [0.05, 0.1) is 17.2 Å². The van der Waals surface area contributed by atoms with Crippen molar-refractivity contribution in [3.63, 3.8) is 0 Å². The van der Waals surface area contributed by atoms with Gasteiger partial charge in [0.1, 0.15) is 0 Å². The van der Waals surface area contributed by atoms with Gasteiger partial charge in [-0.2, -0.15) is 5.26 Å². The lowest BCUT2D eigenvalue weighted by molar-refractivity contribution is 0.0242. The second-order valence-corrected chi connectivity index (χ2v) is 8.63. The highest BCUT2D eigenvalue weighted by Gasteiger charge is 2.51. The molecule has 1 saturated heterocycles. The van der Waals surface area contributed by atoms with Crippen LogP contribution in [0.1, 0.15) is 63.8 Å². The molecule has 0 spiro atoms. The maximum absolute atomic E-state index is 11.9. The summed E-state index contributed by atoms with van der Waals surface area (Å²) in [6.07, 6.45) is 3.53. The molecule has 5 nitrogen and oxygen atoms in total. The monoisotopic (exact) mass is 367 g/mol. The first-order valence-corrected chi connectivity index (χ1v) is 9.77. The number of benzene rings is 1. The van der Waals surface area contributed by atoms with E-state index in [-0.39, 0.29) is 11.0 Å². The highest BCUT2D eigenvalue weighted by molar-refractivity contribution is 5.85. The van der Waals surface area contributed by atoms with Crippen molar-refractivity contribution in [2.24, 2.45) is 5.41 Å². The van der Waals surface area contributed by atoms with Crippen molar-refractivity contribution in [1.29, 1.82) is 5.26 Å². The Morgan fingerprint density at radius 2 is 2.15 bits per heavy atom. The van der Waals surface area contributed by atoms with Gasteiger partial charge >= 0.3 is 6.09 Å². The second-order valence-electron chi connectivity index (χ2n) is 8.63. The lowest BCUT2D eigenvalue weighted by atomic mass is 9.69. The van der Waals surface area contributed by atoms with Crippen LogP contribution in [-0.4, -0.2) is 33.2 Å². The van der Waals surface area contributed by atoms with Crippen molar-refractivity contribution in [3.8, 4) is 6.07 Å². The van der Waals surface area contributed by atoms with Crippen LogP contribution in [0.2, 0.25) is 0 Å². The van der Waals surface area contributed by atoms with E-state index < -0.39 is 6.09 Å². The molecule has 1 aliphatic rings. The Balaban J connectivity index is 1.97. The molecule has 3 rings (SSSR count). The Morgan fingerprint density at radius 3 is 2.74 bits per heavy atom. The Kier molecular flexibility index (Phi) is 4.94. The second kappa shape index (κ2) is 6.92. The molecule has 27 heavy (non-hydrogen) atoms. The number of aryl methyl sites for hydroxylation is 2. The fourth-order valence-electron chi connectivity index (χ4n) is 4.90. The molecule has 1 aromatic carbocycles. The largest absolute Gasteiger partial charge is 0.465 e. The fraction of sp³-hybridized carbons (Fsp3) is 0.545. The van der Waals surface area contributed by atoms with Crippen LogP contribution >= 0.6 is 0 Å². The summed E-state index contributed by atoms with van der Waals surface area (Å²) in [5, 5.41) is 20.1. The highest BCUT2D eigenvalue weighted by atomic mass is 16.4. The van der Waals surface area contributed by atoms with Crippen LogP contribution < -0.4 is 0 Å². The molecule has 0 unspecified atom stereocenters. The third-order valence-electron chi connectivity index (χ3n) is 6.38. The molecular weight excluding hydrogens is 338 g/mol. The summed E-state index contributed by atoms with van der Waals surface area (Å²) >= 11 is 0. The maximum atomic E-state index is 11.9. The van der Waals surface area contributed by atoms with E-state index in [2.05, 4.69) is 38.7 Å². The Hall–Kier alpha value is -2.48. The number of carbonyl (C=O) groups is 1. The van der Waals surface area contributed by atoms with Gasteiger partial charge in [-0.15, -0.1) is 0 Å². The van der Waals surface area contributed by atoms with E-state index in [9.17, 15) is 9.90 Å². The number of aromatic nitrogens is 1. The average Bonchev–Trinajstić information content (AvgIpc) is 3.20. The molecule has 1 atom stereocenters. The molecule has 1 aromatic heterocycles. The number of rotatable bonds is 4. The van der Waals surface area contributed by atoms with Gasteiger partial charge in [-0.05, 0) is 55.2 Å². The Labute approximate surface area is 161 Å². The SMILES string of the molecule is CCc1c(CC[C@]2(C(C)(C)C)CCCN2C(=O)O)[nH]c2cc(C#N)ccc12. The Morgan fingerprint density at radius 1 is 1.41 bits per heavy atom. The first kappa shape index (κ1) is 19.3. The number of nitrogens with zero attached hydrogens (tertiary/aromatic N) is 2. The molecular formula is C22H29N3O2. The van der Waals surface area contributed by atoms with E-state index in [1.165, 1.54) is 11.3 Å². The van der Waals surface area contributed by atoms with Gasteiger partial charge in [0.2, 0.25) is 0 Å². The first-order chi connectivity index (χ1) is 12.7. The first-order valence-electron chi connectivity index (χ1n) is 9.77. The van der Waals surface area contributed by atoms with Crippen LogP contribution in [0.5, 0.6) is 0 Å². The topological polar surface area (TPSA) is 80.1 Å². The number of amides is 1. The zero-order valence-electron chi connectivity index (χ0n) is 16.7. The minimum Gasteiger partial charge on any atom is -0.465 e. The number of carboxylic acid groups (broad SMARTS) is 1. The summed E-state index contributed by atoms with van der Waals surface area (Å²) in [6, 6.07) is 7.97. The normalized spacial score (nSPS) is 20.2. The molecule has 1 fully saturated rings. The molecule has 1 aliphatic heterocycles. The lowest BCUT2D eigenvalue weighted by Crippen LogP contribution is -2.55. The predicted octanol–water partition coefficient (Wildman–Crippen LogP) is 5.09. The van der Waals surface area contributed by atoms with E-state index in [4.69, 9.17) is 5.26 Å². The third-order valence-corrected chi connectivity index (χ3v) is 6.38. The van der Waals surface area contributed by atoms with Crippen molar-refractivity contribution in [2.45, 2.75) is 65.3 Å². The number of aromatic amines is 1. The molecule has 2 N–H and O–H groups in total. The third kappa shape index (κ3) is 3.18. The van der Waals surface area contributed by atoms with E-state index in [0.29, 0.717) is 12.1 Å². The minimum atomic E-state index is -0.812. The number of likely N-dealkylation sites (tertiary alicyclic amines) is 1. The number of nitriles is 1. The van der Waals surface area contributed by atoms with Gasteiger partial charge < -0.3 is 15.0 Å². The molecule has 0 bridgehead atoms. The van der Waals surface area contributed by atoms with Gasteiger partial charge in [-0.1, -0.05) is 33.8 Å². The van der Waals surface area contributed by atoms with Gasteiger partial charge in [-0.3, -0.25) is 0 Å². The zero-order chi connectivity index (χ0) is 19.8. The maximum Gasteiger partial charge on any atom is 0.407 e. The van der Waals surface area contributed by atoms with E-state index in [1.807, 2.05) is 18.2 Å².